The van der Waals surface area contributed by atoms with Crippen molar-refractivity contribution in [2.24, 2.45) is 0 Å². The van der Waals surface area contributed by atoms with Crippen LogP contribution in [0.15, 0.2) is 78.9 Å². The Hall–Kier alpha value is -3.06. The van der Waals surface area contributed by atoms with Gasteiger partial charge in [0.25, 0.3) is 0 Å². The van der Waals surface area contributed by atoms with Crippen LogP contribution in [0.2, 0.25) is 0 Å². The van der Waals surface area contributed by atoms with E-state index in [1.165, 1.54) is 16.7 Å². The minimum atomic E-state index is 0.401. The van der Waals surface area contributed by atoms with E-state index in [0.29, 0.717) is 5.92 Å². The molecule has 1 N–H and O–H groups in total. The van der Waals surface area contributed by atoms with Gasteiger partial charge in [0.1, 0.15) is 0 Å². The van der Waals surface area contributed by atoms with E-state index in [2.05, 4.69) is 91.7 Å². The van der Waals surface area contributed by atoms with E-state index >= 15 is 0 Å². The van der Waals surface area contributed by atoms with Crippen LogP contribution >= 0.6 is 0 Å². The molecule has 1 nitrogen and oxygen atoms in total. The van der Waals surface area contributed by atoms with Crippen molar-refractivity contribution in [1.82, 2.24) is 0 Å². The van der Waals surface area contributed by atoms with Gasteiger partial charge in [0.05, 0.1) is 0 Å². The second-order valence-electron chi connectivity index (χ2n) is 6.73. The van der Waals surface area contributed by atoms with Crippen molar-refractivity contribution in [3.05, 3.63) is 101 Å². The second kappa shape index (κ2) is 8.55. The number of rotatable bonds is 6. The van der Waals surface area contributed by atoms with Gasteiger partial charge in [0, 0.05) is 22.9 Å². The highest BCUT2D eigenvalue weighted by atomic mass is 14.9. The predicted molar refractivity (Wildman–Crippen MR) is 121 cm³/mol. The highest BCUT2D eigenvalue weighted by Crippen LogP contribution is 2.38. The maximum absolute atomic E-state index is 3.94. The van der Waals surface area contributed by atoms with Crippen LogP contribution in [0.4, 0.5) is 11.4 Å². The first-order chi connectivity index (χ1) is 13.2. The molecule has 0 radical (unpaired) electrons. The Morgan fingerprint density at radius 1 is 1.00 bits per heavy atom. The molecule has 3 rings (SSSR count). The van der Waals surface area contributed by atoms with Gasteiger partial charge in [-0.2, -0.15) is 0 Å². The summed E-state index contributed by atoms with van der Waals surface area (Å²) < 4.78 is 0. The summed E-state index contributed by atoms with van der Waals surface area (Å²) in [5.41, 5.74) is 8.53. The summed E-state index contributed by atoms with van der Waals surface area (Å²) in [5.74, 6) is 0.401. The van der Waals surface area contributed by atoms with Crippen LogP contribution in [0.25, 0.3) is 18.2 Å². The summed E-state index contributed by atoms with van der Waals surface area (Å²) >= 11 is 0. The number of allylic oxidation sites excluding steroid dienone is 6. The third-order valence-electron chi connectivity index (χ3n) is 4.94. The minimum Gasteiger partial charge on any atom is -0.355 e. The predicted octanol–water partition coefficient (Wildman–Crippen LogP) is 7.74. The zero-order valence-corrected chi connectivity index (χ0v) is 16.4. The first-order valence-corrected chi connectivity index (χ1v) is 9.48. The van der Waals surface area contributed by atoms with Crippen LogP contribution in [0, 0.1) is 0 Å². The van der Waals surface area contributed by atoms with E-state index in [9.17, 15) is 0 Å². The van der Waals surface area contributed by atoms with Gasteiger partial charge in [-0.25, -0.2) is 0 Å². The van der Waals surface area contributed by atoms with Crippen molar-refractivity contribution < 1.29 is 0 Å². The van der Waals surface area contributed by atoms with Crippen molar-refractivity contribution in [3.8, 4) is 0 Å². The van der Waals surface area contributed by atoms with Gasteiger partial charge in [-0.05, 0) is 54.3 Å². The summed E-state index contributed by atoms with van der Waals surface area (Å²) in [5, 5.41) is 3.60. The van der Waals surface area contributed by atoms with Gasteiger partial charge in [0.2, 0.25) is 0 Å². The van der Waals surface area contributed by atoms with Crippen LogP contribution in [-0.2, 0) is 0 Å². The van der Waals surface area contributed by atoms with Crippen LogP contribution in [-0.4, -0.2) is 0 Å². The summed E-state index contributed by atoms with van der Waals surface area (Å²) in [6.45, 7) is 10.3. The fraction of sp³-hybridized carbons (Fsp3) is 0.154. The normalized spacial score (nSPS) is 16.3. The molecule has 0 spiro atoms. The standard InChI is InChI=1S/C26H27N/c1-5-8-9-12-21-17-22-15-16-23(18-25(22)19(21)4)27-26-14-10-13-20(7-3)24(26)11-6-2/h5-19,27H,3H2,1-2,4H3/b8-5-,11-6-,12-9-. The van der Waals surface area contributed by atoms with Crippen molar-refractivity contribution >= 4 is 29.6 Å². The molecule has 1 atom stereocenters. The van der Waals surface area contributed by atoms with Crippen LogP contribution in [0.3, 0.4) is 0 Å². The molecule has 2 aromatic rings. The van der Waals surface area contributed by atoms with Crippen molar-refractivity contribution in [2.45, 2.75) is 26.7 Å². The minimum absolute atomic E-state index is 0.401. The lowest BCUT2D eigenvalue weighted by molar-refractivity contribution is 0.948. The third kappa shape index (κ3) is 4.03. The molecule has 1 aliphatic carbocycles. The van der Waals surface area contributed by atoms with E-state index in [1.54, 1.807) is 0 Å². The fourth-order valence-corrected chi connectivity index (χ4v) is 3.49. The van der Waals surface area contributed by atoms with Gasteiger partial charge in [-0.3, -0.25) is 0 Å². The zero-order valence-electron chi connectivity index (χ0n) is 16.4. The number of hydrogen-bond donors (Lipinski definition) is 1. The molecular weight excluding hydrogens is 326 g/mol. The molecule has 0 bridgehead atoms. The molecule has 136 valence electrons. The summed E-state index contributed by atoms with van der Waals surface area (Å²) in [6, 6.07) is 12.9. The van der Waals surface area contributed by atoms with E-state index in [0.717, 1.165) is 22.5 Å². The highest BCUT2D eigenvalue weighted by molar-refractivity contribution is 5.80. The summed E-state index contributed by atoms with van der Waals surface area (Å²) in [6.07, 6.45) is 16.8. The zero-order chi connectivity index (χ0) is 19.2. The lowest BCUT2D eigenvalue weighted by Gasteiger charge is -2.15. The molecular formula is C26H27N. The highest BCUT2D eigenvalue weighted by Gasteiger charge is 2.19. The number of benzene rings is 2. The monoisotopic (exact) mass is 353 g/mol. The first kappa shape index (κ1) is 18.7. The number of anilines is 2. The average Bonchev–Trinajstić information content (AvgIpc) is 2.99. The van der Waals surface area contributed by atoms with Gasteiger partial charge in [-0.1, -0.05) is 80.3 Å². The topological polar surface area (TPSA) is 12.0 Å². The molecule has 0 saturated heterocycles. The molecule has 0 heterocycles. The van der Waals surface area contributed by atoms with Gasteiger partial charge >= 0.3 is 0 Å². The number of nitrogens with one attached hydrogen (secondary N) is 1. The molecule has 0 saturated carbocycles. The smallest absolute Gasteiger partial charge is 0.0463 e. The molecule has 27 heavy (non-hydrogen) atoms. The van der Waals surface area contributed by atoms with Crippen LogP contribution < -0.4 is 5.32 Å². The maximum Gasteiger partial charge on any atom is 0.0463 e. The van der Waals surface area contributed by atoms with Crippen molar-refractivity contribution in [3.63, 3.8) is 0 Å². The molecule has 0 aromatic heterocycles. The van der Waals surface area contributed by atoms with Gasteiger partial charge < -0.3 is 5.32 Å². The van der Waals surface area contributed by atoms with E-state index in [1.807, 2.05) is 26.0 Å². The molecule has 1 heteroatoms. The largest absolute Gasteiger partial charge is 0.355 e. The first-order valence-electron chi connectivity index (χ1n) is 9.48. The molecule has 1 unspecified atom stereocenters. The Balaban J connectivity index is 1.89. The third-order valence-corrected chi connectivity index (χ3v) is 4.94. The van der Waals surface area contributed by atoms with Crippen molar-refractivity contribution in [1.29, 1.82) is 0 Å². The molecule has 0 fully saturated rings. The van der Waals surface area contributed by atoms with E-state index in [4.69, 9.17) is 0 Å². The lowest BCUT2D eigenvalue weighted by atomic mass is 9.97. The maximum atomic E-state index is 3.94. The summed E-state index contributed by atoms with van der Waals surface area (Å²) in [7, 11) is 0. The Morgan fingerprint density at radius 3 is 2.59 bits per heavy atom. The van der Waals surface area contributed by atoms with Crippen molar-refractivity contribution in [2.75, 3.05) is 5.32 Å². The Kier molecular flexibility index (Phi) is 5.93. The number of hydrogen-bond acceptors (Lipinski definition) is 1. The Labute approximate surface area is 163 Å². The quantitative estimate of drug-likeness (QED) is 0.524. The fourth-order valence-electron chi connectivity index (χ4n) is 3.49. The van der Waals surface area contributed by atoms with Crippen LogP contribution in [0.1, 0.15) is 48.9 Å². The van der Waals surface area contributed by atoms with Gasteiger partial charge in [-0.15, -0.1) is 0 Å². The molecule has 0 amide bonds. The number of fused-ring (bicyclic) bond motifs is 1. The summed E-state index contributed by atoms with van der Waals surface area (Å²) in [4.78, 5) is 0. The van der Waals surface area contributed by atoms with E-state index < -0.39 is 0 Å². The Morgan fingerprint density at radius 2 is 1.85 bits per heavy atom. The Bertz CT molecular complexity index is 954. The molecule has 0 aliphatic heterocycles. The SMILES string of the molecule is C=Cc1cccc(Nc2ccc3c(c2)C(C)C(/C=C\C=C/C)=C3)c1/C=C\C. The second-order valence-corrected chi connectivity index (χ2v) is 6.73. The van der Waals surface area contributed by atoms with Gasteiger partial charge in [0.15, 0.2) is 0 Å². The lowest BCUT2D eigenvalue weighted by Crippen LogP contribution is -1.97. The average molecular weight is 354 g/mol. The van der Waals surface area contributed by atoms with E-state index in [-0.39, 0.29) is 0 Å². The molecule has 2 aromatic carbocycles. The molecule has 1 aliphatic rings. The van der Waals surface area contributed by atoms with Crippen LogP contribution in [0.5, 0.6) is 0 Å².